The molecule has 7 heteroatoms. The standard InChI is InChI=1S/C24H32N4O2S/c1-18(2)16-24(20-7-12-27(13-8-20)17-19-5-10-25-11-6-19)22(29)28(23(30)26-24)14-9-21-4-3-15-31-21/h3-6,10-11,15,18,20H,7-9,12-14,16-17H2,1-2H3,(H,26,30). The number of rotatable bonds is 8. The maximum atomic E-state index is 13.6. The van der Waals surface area contributed by atoms with E-state index in [1.165, 1.54) is 15.3 Å². The smallest absolute Gasteiger partial charge is 0.323 e. The molecule has 2 saturated heterocycles. The number of nitrogens with zero attached hydrogens (tertiary/aromatic N) is 3. The van der Waals surface area contributed by atoms with Crippen molar-refractivity contribution in [2.24, 2.45) is 11.8 Å². The zero-order chi connectivity index (χ0) is 21.8. The number of hydrogen-bond acceptors (Lipinski definition) is 5. The highest BCUT2D eigenvalue weighted by Crippen LogP contribution is 2.38. The van der Waals surface area contributed by atoms with E-state index in [1.54, 1.807) is 11.3 Å². The van der Waals surface area contributed by atoms with Crippen molar-refractivity contribution in [3.63, 3.8) is 0 Å². The molecule has 6 nitrogen and oxygen atoms in total. The molecule has 3 amide bonds. The average molecular weight is 441 g/mol. The van der Waals surface area contributed by atoms with E-state index < -0.39 is 5.54 Å². The van der Waals surface area contributed by atoms with Gasteiger partial charge in [0.15, 0.2) is 0 Å². The van der Waals surface area contributed by atoms with Crippen LogP contribution in [0.5, 0.6) is 0 Å². The molecule has 1 unspecified atom stereocenters. The van der Waals surface area contributed by atoms with Crippen LogP contribution in [0.1, 0.15) is 43.6 Å². The Balaban J connectivity index is 1.44. The summed E-state index contributed by atoms with van der Waals surface area (Å²) in [5.41, 5.74) is 0.499. The molecule has 1 atom stereocenters. The third-order valence-corrected chi connectivity index (χ3v) is 7.47. The van der Waals surface area contributed by atoms with Crippen molar-refractivity contribution < 1.29 is 9.59 Å². The Morgan fingerprint density at radius 3 is 2.58 bits per heavy atom. The van der Waals surface area contributed by atoms with Crippen molar-refractivity contribution in [3.05, 3.63) is 52.5 Å². The van der Waals surface area contributed by atoms with Gasteiger partial charge in [-0.3, -0.25) is 19.6 Å². The number of aromatic nitrogens is 1. The fourth-order valence-electron chi connectivity index (χ4n) is 5.08. The number of amides is 3. The molecule has 0 aromatic carbocycles. The Labute approximate surface area is 188 Å². The third-order valence-electron chi connectivity index (χ3n) is 6.53. The molecular weight excluding hydrogens is 408 g/mol. The van der Waals surface area contributed by atoms with Crippen LogP contribution in [0.25, 0.3) is 0 Å². The van der Waals surface area contributed by atoms with Crippen molar-refractivity contribution in [2.45, 2.75) is 51.6 Å². The Kier molecular flexibility index (Phi) is 6.72. The van der Waals surface area contributed by atoms with E-state index in [-0.39, 0.29) is 17.9 Å². The van der Waals surface area contributed by atoms with Crippen LogP contribution in [0.3, 0.4) is 0 Å². The van der Waals surface area contributed by atoms with Crippen molar-refractivity contribution in [1.29, 1.82) is 0 Å². The molecule has 2 aromatic heterocycles. The quantitative estimate of drug-likeness (QED) is 0.632. The van der Waals surface area contributed by atoms with E-state index in [1.807, 2.05) is 23.8 Å². The van der Waals surface area contributed by atoms with Gasteiger partial charge in [0.1, 0.15) is 5.54 Å². The minimum Gasteiger partial charge on any atom is -0.323 e. The van der Waals surface area contributed by atoms with E-state index in [0.717, 1.165) is 38.9 Å². The zero-order valence-electron chi connectivity index (χ0n) is 18.4. The molecule has 31 heavy (non-hydrogen) atoms. The molecule has 1 N–H and O–H groups in total. The highest BCUT2D eigenvalue weighted by molar-refractivity contribution is 7.09. The maximum Gasteiger partial charge on any atom is 0.325 e. The molecule has 0 saturated carbocycles. The van der Waals surface area contributed by atoms with E-state index in [2.05, 4.69) is 47.2 Å². The van der Waals surface area contributed by atoms with Gasteiger partial charge in [0.25, 0.3) is 5.91 Å². The minimum absolute atomic E-state index is 0.0182. The first kappa shape index (κ1) is 22.0. The zero-order valence-corrected chi connectivity index (χ0v) is 19.2. The first-order valence-electron chi connectivity index (χ1n) is 11.3. The van der Waals surface area contributed by atoms with Gasteiger partial charge in [-0.2, -0.15) is 0 Å². The van der Waals surface area contributed by atoms with E-state index in [4.69, 9.17) is 0 Å². The van der Waals surface area contributed by atoms with Crippen molar-refractivity contribution >= 4 is 23.3 Å². The van der Waals surface area contributed by atoms with Crippen LogP contribution in [0.15, 0.2) is 42.0 Å². The number of imide groups is 1. The van der Waals surface area contributed by atoms with Crippen molar-refractivity contribution in [2.75, 3.05) is 19.6 Å². The number of pyridine rings is 1. The number of piperidine rings is 1. The van der Waals surface area contributed by atoms with Crippen LogP contribution in [0.2, 0.25) is 0 Å². The molecule has 2 fully saturated rings. The predicted molar refractivity (Wildman–Crippen MR) is 123 cm³/mol. The van der Waals surface area contributed by atoms with Crippen LogP contribution in [-0.4, -0.2) is 51.9 Å². The summed E-state index contributed by atoms with van der Waals surface area (Å²) >= 11 is 1.67. The van der Waals surface area contributed by atoms with Crippen molar-refractivity contribution in [3.8, 4) is 0 Å². The first-order chi connectivity index (χ1) is 15.0. The highest BCUT2D eigenvalue weighted by atomic mass is 32.1. The molecule has 0 bridgehead atoms. The topological polar surface area (TPSA) is 65.5 Å². The number of nitrogens with one attached hydrogen (secondary N) is 1. The van der Waals surface area contributed by atoms with Gasteiger partial charge in [0.05, 0.1) is 0 Å². The number of carbonyl (C=O) groups excluding carboxylic acids is 2. The van der Waals surface area contributed by atoms with Gasteiger partial charge in [0.2, 0.25) is 0 Å². The molecule has 0 radical (unpaired) electrons. The molecule has 2 aliphatic heterocycles. The number of carbonyl (C=O) groups is 2. The molecule has 4 rings (SSSR count). The lowest BCUT2D eigenvalue weighted by atomic mass is 9.73. The Bertz CT molecular complexity index is 878. The van der Waals surface area contributed by atoms with Gasteiger partial charge in [0, 0.05) is 30.4 Å². The normalized spacial score (nSPS) is 23.0. The third kappa shape index (κ3) is 4.83. The number of urea groups is 1. The summed E-state index contributed by atoms with van der Waals surface area (Å²) in [5.74, 6) is 0.485. The lowest BCUT2D eigenvalue weighted by molar-refractivity contribution is -0.134. The van der Waals surface area contributed by atoms with Gasteiger partial charge >= 0.3 is 6.03 Å². The average Bonchev–Trinajstić information content (AvgIpc) is 3.35. The van der Waals surface area contributed by atoms with E-state index >= 15 is 0 Å². The predicted octanol–water partition coefficient (Wildman–Crippen LogP) is 3.93. The second kappa shape index (κ2) is 9.49. The largest absolute Gasteiger partial charge is 0.325 e. The van der Waals surface area contributed by atoms with Crippen LogP contribution in [-0.2, 0) is 17.8 Å². The number of hydrogen-bond donors (Lipinski definition) is 1. The molecule has 0 aliphatic carbocycles. The lowest BCUT2D eigenvalue weighted by Gasteiger charge is -2.41. The summed E-state index contributed by atoms with van der Waals surface area (Å²) in [6.07, 6.45) is 6.92. The van der Waals surface area contributed by atoms with Crippen LogP contribution < -0.4 is 5.32 Å². The fraction of sp³-hybridized carbons (Fsp3) is 0.542. The van der Waals surface area contributed by atoms with E-state index in [9.17, 15) is 9.59 Å². The second-order valence-electron chi connectivity index (χ2n) is 9.19. The van der Waals surface area contributed by atoms with Gasteiger partial charge < -0.3 is 5.32 Å². The first-order valence-corrected chi connectivity index (χ1v) is 12.1. The number of thiophene rings is 1. The summed E-state index contributed by atoms with van der Waals surface area (Å²) in [6, 6.07) is 7.95. The summed E-state index contributed by atoms with van der Waals surface area (Å²) in [4.78, 5) is 35.7. The van der Waals surface area contributed by atoms with E-state index in [0.29, 0.717) is 18.9 Å². The Hall–Kier alpha value is -2.25. The van der Waals surface area contributed by atoms with Crippen LogP contribution >= 0.6 is 11.3 Å². The molecule has 4 heterocycles. The molecular formula is C24H32N4O2S. The minimum atomic E-state index is -0.760. The maximum absolute atomic E-state index is 13.6. The van der Waals surface area contributed by atoms with Crippen LogP contribution in [0.4, 0.5) is 4.79 Å². The van der Waals surface area contributed by atoms with Crippen molar-refractivity contribution in [1.82, 2.24) is 20.1 Å². The summed E-state index contributed by atoms with van der Waals surface area (Å²) in [5, 5.41) is 5.21. The fourth-order valence-corrected chi connectivity index (χ4v) is 5.78. The molecule has 166 valence electrons. The van der Waals surface area contributed by atoms with Gasteiger partial charge in [-0.25, -0.2) is 4.79 Å². The Morgan fingerprint density at radius 2 is 1.94 bits per heavy atom. The summed E-state index contributed by atoms with van der Waals surface area (Å²) in [6.45, 7) is 7.49. The second-order valence-corrected chi connectivity index (χ2v) is 10.2. The lowest BCUT2D eigenvalue weighted by Crippen LogP contribution is -2.56. The Morgan fingerprint density at radius 1 is 1.19 bits per heavy atom. The summed E-state index contributed by atoms with van der Waals surface area (Å²) < 4.78 is 0. The summed E-state index contributed by atoms with van der Waals surface area (Å²) in [7, 11) is 0. The monoisotopic (exact) mass is 440 g/mol. The van der Waals surface area contributed by atoms with Crippen LogP contribution in [0, 0.1) is 11.8 Å². The molecule has 2 aliphatic rings. The molecule has 2 aromatic rings. The van der Waals surface area contributed by atoms with Gasteiger partial charge in [-0.05, 0) is 79.8 Å². The number of likely N-dealkylation sites (tertiary alicyclic amines) is 1. The molecule has 0 spiro atoms. The van der Waals surface area contributed by atoms with Gasteiger partial charge in [-0.1, -0.05) is 19.9 Å². The highest BCUT2D eigenvalue weighted by Gasteiger charge is 2.55. The SMILES string of the molecule is CC(C)CC1(C2CCN(Cc3ccncc3)CC2)NC(=O)N(CCc2cccs2)C1=O. The van der Waals surface area contributed by atoms with Gasteiger partial charge in [-0.15, -0.1) is 11.3 Å².